The second-order valence-electron chi connectivity index (χ2n) is 7.17. The van der Waals surface area contributed by atoms with Crippen molar-refractivity contribution in [1.82, 2.24) is 19.9 Å². The minimum atomic E-state index is -4.87. The van der Waals surface area contributed by atoms with Gasteiger partial charge < -0.3 is 9.15 Å². The molecule has 0 amide bonds. The van der Waals surface area contributed by atoms with Crippen molar-refractivity contribution in [2.45, 2.75) is 25.6 Å². The highest BCUT2D eigenvalue weighted by Crippen LogP contribution is 2.38. The van der Waals surface area contributed by atoms with Gasteiger partial charge in [0.05, 0.1) is 23.0 Å². The van der Waals surface area contributed by atoms with Gasteiger partial charge in [-0.05, 0) is 24.6 Å². The maximum Gasteiger partial charge on any atom is 0.429 e. The van der Waals surface area contributed by atoms with Crippen molar-refractivity contribution in [3.05, 3.63) is 60.7 Å². The van der Waals surface area contributed by atoms with Crippen LogP contribution in [0.4, 0.5) is 19.0 Å². The number of ether oxygens (including phenoxy) is 1. The van der Waals surface area contributed by atoms with Crippen LogP contribution in [0.15, 0.2) is 59.6 Å². The average Bonchev–Trinajstić information content (AvgIpc) is 3.31. The van der Waals surface area contributed by atoms with E-state index >= 15 is 0 Å². The SMILES string of the molecule is CCCS(=O)(=O)Nc1nc2ccccc2nc1OC(c1ccc(-c2cnco2)nc1)C(F)(F)F. The fourth-order valence-electron chi connectivity index (χ4n) is 3.08. The Hall–Kier alpha value is -3.74. The van der Waals surface area contributed by atoms with Crippen LogP contribution in [-0.4, -0.2) is 40.3 Å². The maximum absolute atomic E-state index is 14.0. The standard InChI is InChI=1S/C21H18F3N5O4S/c1-2-9-34(30,31)29-19-20(28-15-6-4-3-5-14(15)27-19)33-18(21(22,23)24)13-7-8-16(26-10-13)17-11-25-12-32-17/h3-8,10-12,18H,2,9H2,1H3,(H,27,29). The Kier molecular flexibility index (Phi) is 6.37. The summed E-state index contributed by atoms with van der Waals surface area (Å²) in [5.41, 5.74) is 0.468. The van der Waals surface area contributed by atoms with Gasteiger partial charge in [-0.15, -0.1) is 0 Å². The van der Waals surface area contributed by atoms with E-state index in [1.807, 2.05) is 0 Å². The van der Waals surface area contributed by atoms with Gasteiger partial charge in [-0.3, -0.25) is 9.71 Å². The summed E-state index contributed by atoms with van der Waals surface area (Å²) in [4.78, 5) is 16.0. The Morgan fingerprint density at radius 1 is 1.09 bits per heavy atom. The van der Waals surface area contributed by atoms with Crippen LogP contribution < -0.4 is 9.46 Å². The van der Waals surface area contributed by atoms with Gasteiger partial charge in [-0.2, -0.15) is 13.2 Å². The molecule has 3 heterocycles. The molecule has 0 saturated heterocycles. The molecule has 0 radical (unpaired) electrons. The van der Waals surface area contributed by atoms with E-state index in [0.29, 0.717) is 6.42 Å². The normalized spacial score (nSPS) is 13.1. The van der Waals surface area contributed by atoms with Crippen LogP contribution in [0, 0.1) is 0 Å². The zero-order chi connectivity index (χ0) is 24.3. The molecule has 1 N–H and O–H groups in total. The maximum atomic E-state index is 14.0. The number of fused-ring (bicyclic) bond motifs is 1. The first-order chi connectivity index (χ1) is 16.2. The molecule has 3 aromatic heterocycles. The van der Waals surface area contributed by atoms with E-state index in [1.165, 1.54) is 30.8 Å². The van der Waals surface area contributed by atoms with E-state index in [0.717, 1.165) is 6.20 Å². The topological polar surface area (TPSA) is 120 Å². The van der Waals surface area contributed by atoms with Crippen LogP contribution in [0.2, 0.25) is 0 Å². The van der Waals surface area contributed by atoms with Crippen molar-refractivity contribution in [2.75, 3.05) is 10.5 Å². The van der Waals surface area contributed by atoms with Gasteiger partial charge in [-0.25, -0.2) is 23.4 Å². The molecule has 0 saturated carbocycles. The Balaban J connectivity index is 1.74. The molecule has 0 aliphatic heterocycles. The predicted octanol–water partition coefficient (Wildman–Crippen LogP) is 4.51. The summed E-state index contributed by atoms with van der Waals surface area (Å²) in [6.07, 6.45) is -3.53. The smallest absolute Gasteiger partial charge is 0.429 e. The molecule has 0 fully saturated rings. The van der Waals surface area contributed by atoms with Crippen molar-refractivity contribution < 1.29 is 30.7 Å². The lowest BCUT2D eigenvalue weighted by molar-refractivity contribution is -0.198. The van der Waals surface area contributed by atoms with Crippen LogP contribution in [0.3, 0.4) is 0 Å². The van der Waals surface area contributed by atoms with Crippen LogP contribution >= 0.6 is 0 Å². The fraction of sp³-hybridized carbons (Fsp3) is 0.238. The number of nitrogens with zero attached hydrogens (tertiary/aromatic N) is 4. The van der Waals surface area contributed by atoms with Crippen molar-refractivity contribution in [1.29, 1.82) is 0 Å². The van der Waals surface area contributed by atoms with Gasteiger partial charge in [0.15, 0.2) is 12.2 Å². The van der Waals surface area contributed by atoms with Crippen LogP contribution in [-0.2, 0) is 10.0 Å². The van der Waals surface area contributed by atoms with E-state index in [1.54, 1.807) is 25.1 Å². The molecule has 4 rings (SSSR count). The Bertz CT molecular complexity index is 1380. The molecule has 1 atom stereocenters. The molecule has 1 aromatic carbocycles. The summed E-state index contributed by atoms with van der Waals surface area (Å²) in [7, 11) is -3.88. The molecule has 0 bridgehead atoms. The number of alkyl halides is 3. The second kappa shape index (κ2) is 9.25. The van der Waals surface area contributed by atoms with E-state index in [-0.39, 0.29) is 33.8 Å². The van der Waals surface area contributed by atoms with Gasteiger partial charge in [0.2, 0.25) is 21.9 Å². The molecule has 0 aliphatic carbocycles. The Morgan fingerprint density at radius 3 is 2.41 bits per heavy atom. The monoisotopic (exact) mass is 493 g/mol. The van der Waals surface area contributed by atoms with Crippen molar-refractivity contribution in [3.63, 3.8) is 0 Å². The minimum Gasteiger partial charge on any atom is -0.457 e. The molecule has 9 nitrogen and oxygen atoms in total. The molecular formula is C21H18F3N5O4S. The molecule has 0 aliphatic rings. The van der Waals surface area contributed by atoms with Crippen LogP contribution in [0.25, 0.3) is 22.5 Å². The fourth-order valence-corrected chi connectivity index (χ4v) is 4.15. The first-order valence-corrected chi connectivity index (χ1v) is 11.7. The summed E-state index contributed by atoms with van der Waals surface area (Å²) in [6, 6.07) is 8.84. The van der Waals surface area contributed by atoms with E-state index < -0.39 is 34.0 Å². The second-order valence-corrected chi connectivity index (χ2v) is 9.01. The number of rotatable bonds is 8. The largest absolute Gasteiger partial charge is 0.457 e. The van der Waals surface area contributed by atoms with Gasteiger partial charge in [-0.1, -0.05) is 25.1 Å². The summed E-state index contributed by atoms with van der Waals surface area (Å²) < 4.78 is 79.2. The lowest BCUT2D eigenvalue weighted by Gasteiger charge is -2.22. The number of halogens is 3. The third-order valence-electron chi connectivity index (χ3n) is 4.56. The lowest BCUT2D eigenvalue weighted by atomic mass is 10.1. The van der Waals surface area contributed by atoms with E-state index in [4.69, 9.17) is 9.15 Å². The third-order valence-corrected chi connectivity index (χ3v) is 6.01. The number of hydrogen-bond donors (Lipinski definition) is 1. The molecule has 0 spiro atoms. The van der Waals surface area contributed by atoms with Gasteiger partial charge in [0.1, 0.15) is 5.69 Å². The van der Waals surface area contributed by atoms with Gasteiger partial charge >= 0.3 is 6.18 Å². The number of para-hydroxylation sites is 2. The van der Waals surface area contributed by atoms with Crippen LogP contribution in [0.1, 0.15) is 25.0 Å². The highest BCUT2D eigenvalue weighted by molar-refractivity contribution is 7.92. The molecule has 178 valence electrons. The number of benzene rings is 1. The highest BCUT2D eigenvalue weighted by Gasteiger charge is 2.44. The predicted molar refractivity (Wildman–Crippen MR) is 116 cm³/mol. The average molecular weight is 493 g/mol. The number of pyridine rings is 1. The molecular weight excluding hydrogens is 475 g/mol. The molecule has 34 heavy (non-hydrogen) atoms. The third kappa shape index (κ3) is 5.25. The summed E-state index contributed by atoms with van der Waals surface area (Å²) >= 11 is 0. The summed E-state index contributed by atoms with van der Waals surface area (Å²) in [5.74, 6) is -1.02. The Morgan fingerprint density at radius 2 is 1.82 bits per heavy atom. The lowest BCUT2D eigenvalue weighted by Crippen LogP contribution is -2.27. The first-order valence-electron chi connectivity index (χ1n) is 10.0. The van der Waals surface area contributed by atoms with E-state index in [9.17, 15) is 21.6 Å². The zero-order valence-electron chi connectivity index (χ0n) is 17.7. The first kappa shape index (κ1) is 23.4. The number of anilines is 1. The van der Waals surface area contributed by atoms with E-state index in [2.05, 4.69) is 24.7 Å². The van der Waals surface area contributed by atoms with Gasteiger partial charge in [0.25, 0.3) is 5.88 Å². The highest BCUT2D eigenvalue weighted by atomic mass is 32.2. The van der Waals surface area contributed by atoms with Crippen molar-refractivity contribution in [3.8, 4) is 17.3 Å². The number of aromatic nitrogens is 4. The Labute approximate surface area is 192 Å². The summed E-state index contributed by atoms with van der Waals surface area (Å²) in [6.45, 7) is 1.65. The minimum absolute atomic E-state index is 0.232. The molecule has 4 aromatic rings. The number of nitrogens with one attached hydrogen (secondary N) is 1. The molecule has 13 heteroatoms. The molecule has 1 unspecified atom stereocenters. The quantitative estimate of drug-likeness (QED) is 0.381. The van der Waals surface area contributed by atoms with Crippen molar-refractivity contribution >= 4 is 26.9 Å². The van der Waals surface area contributed by atoms with Crippen molar-refractivity contribution in [2.24, 2.45) is 0 Å². The summed E-state index contributed by atoms with van der Waals surface area (Å²) in [5, 5.41) is 0. The van der Waals surface area contributed by atoms with Gasteiger partial charge in [0, 0.05) is 11.8 Å². The zero-order valence-corrected chi connectivity index (χ0v) is 18.5. The number of hydrogen-bond acceptors (Lipinski definition) is 8. The van der Waals surface area contributed by atoms with Crippen LogP contribution in [0.5, 0.6) is 5.88 Å². The number of sulfonamides is 1. The number of oxazole rings is 1.